The van der Waals surface area contributed by atoms with E-state index in [0.29, 0.717) is 0 Å². The molecule has 0 fully saturated rings. The molecule has 72 valence electrons. The van der Waals surface area contributed by atoms with E-state index in [0.717, 1.165) is 0 Å². The van der Waals surface area contributed by atoms with Crippen molar-refractivity contribution in [3.8, 4) is 0 Å². The van der Waals surface area contributed by atoms with Crippen LogP contribution in [0.2, 0.25) is 0 Å². The Morgan fingerprint density at radius 1 is 1.25 bits per heavy atom. The number of likely N-dealkylation sites (N-methyl/N-ethyl adjacent to an activating group) is 1. The van der Waals surface area contributed by atoms with Crippen molar-refractivity contribution in [3.63, 3.8) is 0 Å². The molecular weight excluding hydrogens is 158 g/mol. The van der Waals surface area contributed by atoms with Gasteiger partial charge < -0.3 is 16.4 Å². The molecule has 0 aliphatic carbocycles. The highest BCUT2D eigenvalue weighted by atomic mass is 16.2. The molecule has 0 saturated carbocycles. The van der Waals surface area contributed by atoms with Crippen LogP contribution in [-0.4, -0.2) is 32.0 Å². The largest absolute Gasteiger partial charge is 0.368 e. The molecule has 0 aromatic heterocycles. The number of nitrogens with two attached hydrogens (primary N) is 1. The molecular formula is C7H17N3O2. The van der Waals surface area contributed by atoms with Gasteiger partial charge in [-0.3, -0.25) is 9.59 Å². The van der Waals surface area contributed by atoms with Gasteiger partial charge in [-0.05, 0) is 7.05 Å². The van der Waals surface area contributed by atoms with E-state index < -0.39 is 5.91 Å². The standard InChI is InChI=1S/C5H11N3O2.C2H6/c1-7-3-5(10)8-2-4(6)9;1-2/h7H,2-3H2,1H3,(H2,6,9)(H,8,10);1-2H3. The lowest BCUT2D eigenvalue weighted by molar-refractivity contribution is -0.124. The molecule has 0 aliphatic rings. The van der Waals surface area contributed by atoms with Gasteiger partial charge >= 0.3 is 0 Å². The molecule has 0 aromatic rings. The van der Waals surface area contributed by atoms with E-state index in [1.165, 1.54) is 0 Å². The van der Waals surface area contributed by atoms with Crippen molar-refractivity contribution in [1.29, 1.82) is 0 Å². The summed E-state index contributed by atoms with van der Waals surface area (Å²) in [6, 6.07) is 0. The summed E-state index contributed by atoms with van der Waals surface area (Å²) in [4.78, 5) is 20.7. The topological polar surface area (TPSA) is 84.2 Å². The third kappa shape index (κ3) is 11.7. The van der Waals surface area contributed by atoms with Crippen LogP contribution in [-0.2, 0) is 9.59 Å². The molecule has 0 spiro atoms. The Morgan fingerprint density at radius 3 is 2.08 bits per heavy atom. The lowest BCUT2D eigenvalue weighted by Gasteiger charge is -1.99. The summed E-state index contributed by atoms with van der Waals surface area (Å²) >= 11 is 0. The van der Waals surface area contributed by atoms with Gasteiger partial charge in [-0.15, -0.1) is 0 Å². The number of amides is 2. The first-order valence-electron chi connectivity index (χ1n) is 3.86. The maximum absolute atomic E-state index is 10.6. The van der Waals surface area contributed by atoms with E-state index in [-0.39, 0.29) is 19.0 Å². The quantitative estimate of drug-likeness (QED) is 0.503. The Labute approximate surface area is 72.7 Å². The second kappa shape index (κ2) is 9.90. The van der Waals surface area contributed by atoms with Gasteiger partial charge in [0.2, 0.25) is 11.8 Å². The molecule has 0 aromatic carbocycles. The van der Waals surface area contributed by atoms with Crippen LogP contribution in [0.25, 0.3) is 0 Å². The lowest BCUT2D eigenvalue weighted by Crippen LogP contribution is -2.37. The highest BCUT2D eigenvalue weighted by Crippen LogP contribution is 1.60. The van der Waals surface area contributed by atoms with Gasteiger partial charge in [-0.2, -0.15) is 0 Å². The summed E-state index contributed by atoms with van der Waals surface area (Å²) in [6.07, 6.45) is 0. The summed E-state index contributed by atoms with van der Waals surface area (Å²) in [7, 11) is 1.64. The second-order valence-corrected chi connectivity index (χ2v) is 1.77. The van der Waals surface area contributed by atoms with Gasteiger partial charge in [0, 0.05) is 0 Å². The van der Waals surface area contributed by atoms with E-state index in [4.69, 9.17) is 5.73 Å². The third-order valence-electron chi connectivity index (χ3n) is 0.797. The Kier molecular flexibility index (Phi) is 11.1. The number of hydrogen-bond acceptors (Lipinski definition) is 3. The second-order valence-electron chi connectivity index (χ2n) is 1.77. The van der Waals surface area contributed by atoms with Crippen molar-refractivity contribution in [3.05, 3.63) is 0 Å². The van der Waals surface area contributed by atoms with Crippen LogP contribution in [0.15, 0.2) is 0 Å². The highest BCUT2D eigenvalue weighted by molar-refractivity contribution is 5.84. The number of hydrogen-bond donors (Lipinski definition) is 3. The number of rotatable bonds is 4. The molecule has 0 atom stereocenters. The van der Waals surface area contributed by atoms with Crippen LogP contribution < -0.4 is 16.4 Å². The van der Waals surface area contributed by atoms with Gasteiger partial charge in [0.25, 0.3) is 0 Å². The molecule has 0 unspecified atom stereocenters. The van der Waals surface area contributed by atoms with Gasteiger partial charge in [0.05, 0.1) is 13.1 Å². The zero-order chi connectivity index (χ0) is 9.98. The first-order valence-corrected chi connectivity index (χ1v) is 3.86. The van der Waals surface area contributed by atoms with Crippen molar-refractivity contribution in [2.45, 2.75) is 13.8 Å². The summed E-state index contributed by atoms with van der Waals surface area (Å²) < 4.78 is 0. The zero-order valence-electron chi connectivity index (χ0n) is 7.81. The molecule has 5 nitrogen and oxygen atoms in total. The predicted molar refractivity (Wildman–Crippen MR) is 47.5 cm³/mol. The van der Waals surface area contributed by atoms with E-state index in [2.05, 4.69) is 10.6 Å². The van der Waals surface area contributed by atoms with Crippen molar-refractivity contribution < 1.29 is 9.59 Å². The van der Waals surface area contributed by atoms with E-state index in [1.54, 1.807) is 7.05 Å². The molecule has 4 N–H and O–H groups in total. The van der Waals surface area contributed by atoms with Crippen LogP contribution in [0, 0.1) is 0 Å². The van der Waals surface area contributed by atoms with Crippen LogP contribution in [0.1, 0.15) is 13.8 Å². The molecule has 12 heavy (non-hydrogen) atoms. The first-order chi connectivity index (χ1) is 5.66. The molecule has 0 bridgehead atoms. The average Bonchev–Trinajstić information content (AvgIpc) is 2.05. The number of primary amides is 1. The van der Waals surface area contributed by atoms with Gasteiger partial charge in [-0.25, -0.2) is 0 Å². The highest BCUT2D eigenvalue weighted by Gasteiger charge is 1.98. The summed E-state index contributed by atoms with van der Waals surface area (Å²) in [5.74, 6) is -0.772. The van der Waals surface area contributed by atoms with E-state index >= 15 is 0 Å². The Bertz CT molecular complexity index is 137. The van der Waals surface area contributed by atoms with Crippen LogP contribution in [0.3, 0.4) is 0 Å². The molecule has 0 aliphatic heterocycles. The number of nitrogens with one attached hydrogen (secondary N) is 2. The average molecular weight is 175 g/mol. The minimum Gasteiger partial charge on any atom is -0.368 e. The van der Waals surface area contributed by atoms with Crippen molar-refractivity contribution >= 4 is 11.8 Å². The molecule has 5 heteroatoms. The molecule has 0 heterocycles. The van der Waals surface area contributed by atoms with Crippen molar-refractivity contribution in [1.82, 2.24) is 10.6 Å². The fourth-order valence-electron chi connectivity index (χ4n) is 0.409. The van der Waals surface area contributed by atoms with E-state index in [9.17, 15) is 9.59 Å². The molecule has 0 rings (SSSR count). The van der Waals surface area contributed by atoms with Crippen molar-refractivity contribution in [2.75, 3.05) is 20.1 Å². The Morgan fingerprint density at radius 2 is 1.75 bits per heavy atom. The fourth-order valence-corrected chi connectivity index (χ4v) is 0.409. The lowest BCUT2D eigenvalue weighted by atomic mass is 10.5. The predicted octanol–water partition coefficient (Wildman–Crippen LogP) is -1.17. The van der Waals surface area contributed by atoms with Gasteiger partial charge in [-0.1, -0.05) is 13.8 Å². The van der Waals surface area contributed by atoms with Crippen LogP contribution >= 0.6 is 0 Å². The summed E-state index contributed by atoms with van der Waals surface area (Å²) in [6.45, 7) is 4.10. The SMILES string of the molecule is CC.CNCC(=O)NCC(N)=O. The monoisotopic (exact) mass is 175 g/mol. The van der Waals surface area contributed by atoms with E-state index in [1.807, 2.05) is 13.8 Å². The third-order valence-corrected chi connectivity index (χ3v) is 0.797. The Balaban J connectivity index is 0. The Hall–Kier alpha value is -1.10. The molecule has 0 saturated heterocycles. The van der Waals surface area contributed by atoms with Crippen LogP contribution in [0.4, 0.5) is 0 Å². The maximum atomic E-state index is 10.6. The smallest absolute Gasteiger partial charge is 0.236 e. The normalized spacial score (nSPS) is 7.92. The minimum atomic E-state index is -0.538. The molecule has 0 radical (unpaired) electrons. The van der Waals surface area contributed by atoms with Crippen molar-refractivity contribution in [2.24, 2.45) is 5.73 Å². The zero-order valence-corrected chi connectivity index (χ0v) is 7.81. The minimum absolute atomic E-state index is 0.0967. The summed E-state index contributed by atoms with van der Waals surface area (Å²) in [5.41, 5.74) is 4.76. The van der Waals surface area contributed by atoms with Gasteiger partial charge in [0.15, 0.2) is 0 Å². The maximum Gasteiger partial charge on any atom is 0.236 e. The number of carbonyl (C=O) groups excluding carboxylic acids is 2. The summed E-state index contributed by atoms with van der Waals surface area (Å²) in [5, 5.41) is 4.93. The fraction of sp³-hybridized carbons (Fsp3) is 0.714. The molecule has 2 amide bonds. The first kappa shape index (κ1) is 13.5. The van der Waals surface area contributed by atoms with Crippen LogP contribution in [0.5, 0.6) is 0 Å². The van der Waals surface area contributed by atoms with Gasteiger partial charge in [0.1, 0.15) is 0 Å². The number of carbonyl (C=O) groups is 2.